The molecule has 1 aromatic rings. The number of carbonyl (C=O) groups is 2. The lowest BCUT2D eigenvalue weighted by atomic mass is 9.93. The number of halogens is 1. The van der Waals surface area contributed by atoms with E-state index in [1.807, 2.05) is 25.7 Å². The summed E-state index contributed by atoms with van der Waals surface area (Å²) in [4.78, 5) is 31.9. The normalized spacial score (nSPS) is 20.8. The van der Waals surface area contributed by atoms with Gasteiger partial charge in [-0.3, -0.25) is 9.59 Å². The van der Waals surface area contributed by atoms with Crippen LogP contribution in [0.5, 0.6) is 0 Å². The van der Waals surface area contributed by atoms with Gasteiger partial charge in [-0.1, -0.05) is 38.1 Å². The second-order valence-electron chi connectivity index (χ2n) is 8.17. The molecule has 0 bridgehead atoms. The van der Waals surface area contributed by atoms with Crippen molar-refractivity contribution >= 4 is 17.5 Å². The number of likely N-dealkylation sites (tertiary alicyclic amines) is 1. The fourth-order valence-corrected chi connectivity index (χ4v) is 3.35. The van der Waals surface area contributed by atoms with Crippen LogP contribution in [0.4, 0.5) is 4.39 Å². The molecule has 0 radical (unpaired) electrons. The monoisotopic (exact) mass is 375 g/mol. The zero-order valence-corrected chi connectivity index (χ0v) is 16.0. The van der Waals surface area contributed by atoms with Gasteiger partial charge in [-0.2, -0.15) is 0 Å². The Morgan fingerprint density at radius 1 is 1.26 bits per heavy atom. The first-order valence-corrected chi connectivity index (χ1v) is 9.32. The molecule has 1 aromatic carbocycles. The van der Waals surface area contributed by atoms with Crippen molar-refractivity contribution in [2.75, 3.05) is 13.1 Å². The van der Waals surface area contributed by atoms with Crippen molar-refractivity contribution in [1.29, 1.82) is 0 Å². The maximum absolute atomic E-state index is 13.3. The molecule has 0 unspecified atom stereocenters. The van der Waals surface area contributed by atoms with Crippen LogP contribution in [-0.4, -0.2) is 47.7 Å². The van der Waals surface area contributed by atoms with Crippen LogP contribution in [0.15, 0.2) is 29.4 Å². The van der Waals surface area contributed by atoms with E-state index in [0.717, 1.165) is 12.8 Å². The Morgan fingerprint density at radius 3 is 2.59 bits per heavy atom. The fourth-order valence-electron chi connectivity index (χ4n) is 3.35. The molecule has 0 aromatic heterocycles. The predicted molar refractivity (Wildman–Crippen MR) is 99.6 cm³/mol. The van der Waals surface area contributed by atoms with Crippen LogP contribution < -0.4 is 5.32 Å². The van der Waals surface area contributed by atoms with Gasteiger partial charge in [0, 0.05) is 36.5 Å². The molecule has 2 aliphatic rings. The molecular weight excluding hydrogens is 349 g/mol. The minimum atomic E-state index is -0.697. The van der Waals surface area contributed by atoms with Crippen LogP contribution in [-0.2, 0) is 14.4 Å². The lowest BCUT2D eigenvalue weighted by Crippen LogP contribution is -2.50. The van der Waals surface area contributed by atoms with Crippen molar-refractivity contribution in [3.8, 4) is 0 Å². The summed E-state index contributed by atoms with van der Waals surface area (Å²) in [6.45, 7) is 7.01. The highest BCUT2D eigenvalue weighted by Gasteiger charge is 2.33. The highest BCUT2D eigenvalue weighted by Crippen LogP contribution is 2.22. The van der Waals surface area contributed by atoms with Crippen LogP contribution in [0, 0.1) is 11.2 Å². The topological polar surface area (TPSA) is 71.0 Å². The van der Waals surface area contributed by atoms with E-state index in [1.165, 1.54) is 12.1 Å². The number of amides is 2. The Balaban J connectivity index is 1.48. The summed E-state index contributed by atoms with van der Waals surface area (Å²) in [6.07, 6.45) is 1.06. The molecule has 6 nitrogen and oxygen atoms in total. The summed E-state index contributed by atoms with van der Waals surface area (Å²) in [6, 6.07) is 6.11. The van der Waals surface area contributed by atoms with Gasteiger partial charge in [0.05, 0.1) is 5.71 Å². The van der Waals surface area contributed by atoms with Crippen molar-refractivity contribution in [2.45, 2.75) is 52.2 Å². The van der Waals surface area contributed by atoms with Crippen LogP contribution in [0.1, 0.15) is 45.6 Å². The number of piperidine rings is 1. The molecule has 7 heteroatoms. The molecule has 1 N–H and O–H groups in total. The van der Waals surface area contributed by atoms with Crippen LogP contribution in [0.25, 0.3) is 0 Å². The summed E-state index contributed by atoms with van der Waals surface area (Å²) in [5, 5.41) is 6.93. The summed E-state index contributed by atoms with van der Waals surface area (Å²) in [5.74, 6) is -0.426. The predicted octanol–water partition coefficient (Wildman–Crippen LogP) is 2.47. The van der Waals surface area contributed by atoms with Crippen LogP contribution >= 0.6 is 0 Å². The third-order valence-electron chi connectivity index (χ3n) is 4.89. The highest BCUT2D eigenvalue weighted by atomic mass is 19.1. The second kappa shape index (κ2) is 7.66. The SMILES string of the molecule is CC(C)(C)C(=O)N1CCC(NC(=O)[C@@H]2CC(c3cccc(F)c3)=NO2)CC1. The first-order valence-electron chi connectivity index (χ1n) is 9.32. The highest BCUT2D eigenvalue weighted by molar-refractivity contribution is 6.04. The molecule has 1 saturated heterocycles. The Morgan fingerprint density at radius 2 is 1.96 bits per heavy atom. The average molecular weight is 375 g/mol. The van der Waals surface area contributed by atoms with E-state index < -0.39 is 11.5 Å². The van der Waals surface area contributed by atoms with Gasteiger partial charge < -0.3 is 15.1 Å². The molecule has 0 spiro atoms. The summed E-state index contributed by atoms with van der Waals surface area (Å²) in [7, 11) is 0. The standard InChI is InChI=1S/C20H26FN3O3/c1-20(2,3)19(26)24-9-7-15(8-10-24)22-18(25)17-12-16(23-27-17)13-5-4-6-14(21)11-13/h4-6,11,15,17H,7-10,12H2,1-3H3,(H,22,25)/t17-/m0/s1. The van der Waals surface area contributed by atoms with Crippen molar-refractivity contribution < 1.29 is 18.8 Å². The number of oxime groups is 1. The Labute approximate surface area is 158 Å². The van der Waals surface area contributed by atoms with Gasteiger partial charge in [-0.05, 0) is 25.0 Å². The van der Waals surface area contributed by atoms with E-state index in [0.29, 0.717) is 30.8 Å². The molecule has 146 valence electrons. The average Bonchev–Trinajstić information content (AvgIpc) is 3.11. The van der Waals surface area contributed by atoms with Gasteiger partial charge in [0.25, 0.3) is 5.91 Å². The molecule has 2 amide bonds. The molecule has 1 atom stereocenters. The maximum atomic E-state index is 13.3. The van der Waals surface area contributed by atoms with E-state index in [1.54, 1.807) is 12.1 Å². The van der Waals surface area contributed by atoms with Crippen molar-refractivity contribution in [2.24, 2.45) is 10.6 Å². The smallest absolute Gasteiger partial charge is 0.264 e. The van der Waals surface area contributed by atoms with E-state index in [-0.39, 0.29) is 23.7 Å². The Kier molecular flexibility index (Phi) is 5.48. The zero-order valence-electron chi connectivity index (χ0n) is 16.0. The van der Waals surface area contributed by atoms with Crippen molar-refractivity contribution in [3.05, 3.63) is 35.6 Å². The number of nitrogens with zero attached hydrogens (tertiary/aromatic N) is 2. The van der Waals surface area contributed by atoms with E-state index in [2.05, 4.69) is 10.5 Å². The summed E-state index contributed by atoms with van der Waals surface area (Å²) in [5.41, 5.74) is 0.804. The van der Waals surface area contributed by atoms with Crippen LogP contribution in [0.2, 0.25) is 0 Å². The molecular formula is C20H26FN3O3. The number of benzene rings is 1. The first kappa shape index (κ1) is 19.3. The fraction of sp³-hybridized carbons (Fsp3) is 0.550. The number of hydrogen-bond acceptors (Lipinski definition) is 4. The summed E-state index contributed by atoms with van der Waals surface area (Å²) < 4.78 is 13.3. The first-order chi connectivity index (χ1) is 12.7. The maximum Gasteiger partial charge on any atom is 0.264 e. The molecule has 0 saturated carbocycles. The molecule has 0 aliphatic carbocycles. The Hall–Kier alpha value is -2.44. The van der Waals surface area contributed by atoms with Gasteiger partial charge in [-0.15, -0.1) is 0 Å². The van der Waals surface area contributed by atoms with Gasteiger partial charge >= 0.3 is 0 Å². The minimum Gasteiger partial charge on any atom is -0.382 e. The molecule has 2 heterocycles. The molecule has 2 aliphatic heterocycles. The largest absolute Gasteiger partial charge is 0.382 e. The lowest BCUT2D eigenvalue weighted by Gasteiger charge is -2.36. The number of nitrogens with one attached hydrogen (secondary N) is 1. The molecule has 27 heavy (non-hydrogen) atoms. The van der Waals surface area contributed by atoms with Gasteiger partial charge in [-0.25, -0.2) is 4.39 Å². The molecule has 3 rings (SSSR count). The quantitative estimate of drug-likeness (QED) is 0.882. The van der Waals surface area contributed by atoms with Gasteiger partial charge in [0.2, 0.25) is 12.0 Å². The minimum absolute atomic E-state index is 0.0170. The van der Waals surface area contributed by atoms with Crippen molar-refractivity contribution in [3.63, 3.8) is 0 Å². The van der Waals surface area contributed by atoms with Gasteiger partial charge in [0.15, 0.2) is 0 Å². The Bertz CT molecular complexity index is 749. The van der Waals surface area contributed by atoms with E-state index in [4.69, 9.17) is 4.84 Å². The number of carbonyl (C=O) groups excluding carboxylic acids is 2. The second-order valence-corrected chi connectivity index (χ2v) is 8.17. The summed E-state index contributed by atoms with van der Waals surface area (Å²) >= 11 is 0. The third kappa shape index (κ3) is 4.64. The number of hydrogen-bond donors (Lipinski definition) is 1. The van der Waals surface area contributed by atoms with Crippen molar-refractivity contribution in [1.82, 2.24) is 10.2 Å². The van der Waals surface area contributed by atoms with Gasteiger partial charge in [0.1, 0.15) is 5.82 Å². The van der Waals surface area contributed by atoms with E-state index >= 15 is 0 Å². The van der Waals surface area contributed by atoms with Crippen LogP contribution in [0.3, 0.4) is 0 Å². The lowest BCUT2D eigenvalue weighted by molar-refractivity contribution is -0.140. The van der Waals surface area contributed by atoms with E-state index in [9.17, 15) is 14.0 Å². The molecule has 1 fully saturated rings. The number of rotatable bonds is 3. The zero-order chi connectivity index (χ0) is 19.6. The third-order valence-corrected chi connectivity index (χ3v) is 4.89.